The molecule has 0 fully saturated rings. The average Bonchev–Trinajstić information content (AvgIpc) is 3.67. The van der Waals surface area contributed by atoms with Gasteiger partial charge in [0.1, 0.15) is 0 Å². The van der Waals surface area contributed by atoms with E-state index >= 15 is 0 Å². The first-order valence-corrected chi connectivity index (χ1v) is 14.9. The van der Waals surface area contributed by atoms with Crippen molar-refractivity contribution in [3.63, 3.8) is 0 Å². The Morgan fingerprint density at radius 1 is 0.744 bits per heavy atom. The Morgan fingerprint density at radius 2 is 1.30 bits per heavy atom. The number of anilines is 3. The summed E-state index contributed by atoms with van der Waals surface area (Å²) in [5, 5.41) is 7.78. The van der Waals surface area contributed by atoms with Crippen LogP contribution in [0.5, 0.6) is 0 Å². The Bertz CT molecular complexity index is 1900. The van der Waals surface area contributed by atoms with Crippen molar-refractivity contribution in [3.8, 4) is 0 Å². The normalized spacial score (nSPS) is 10.3. The van der Waals surface area contributed by atoms with E-state index in [0.717, 1.165) is 26.1 Å². The fourth-order valence-electron chi connectivity index (χ4n) is 3.48. The highest BCUT2D eigenvalue weighted by Gasteiger charge is 2.10. The highest BCUT2D eigenvalue weighted by atomic mass is 35.5. The Balaban J connectivity index is 0.000000162. The summed E-state index contributed by atoms with van der Waals surface area (Å²) in [6.45, 7) is 0. The number of ether oxygens (including phenoxy) is 2. The number of nitrogens with zero attached hydrogens (tertiary/aromatic N) is 4. The van der Waals surface area contributed by atoms with E-state index in [9.17, 15) is 9.59 Å². The third-order valence-corrected chi connectivity index (χ3v) is 7.91. The maximum Gasteiger partial charge on any atom is 0.337 e. The molecule has 0 saturated carbocycles. The molecule has 6 rings (SSSR count). The van der Waals surface area contributed by atoms with Crippen LogP contribution in [-0.4, -0.2) is 46.1 Å². The van der Waals surface area contributed by atoms with Gasteiger partial charge in [-0.2, -0.15) is 4.98 Å². The predicted molar refractivity (Wildman–Crippen MR) is 173 cm³/mol. The molecule has 4 aromatic heterocycles. The highest BCUT2D eigenvalue weighted by Crippen LogP contribution is 2.30. The number of carbonyl (C=O) groups excluding carboxylic acids is 2. The van der Waals surface area contributed by atoms with Crippen LogP contribution >= 0.6 is 57.5 Å². The van der Waals surface area contributed by atoms with Gasteiger partial charge in [-0.05, 0) is 82.5 Å². The Morgan fingerprint density at radius 3 is 1.93 bits per heavy atom. The maximum atomic E-state index is 11.5. The molecule has 0 aliphatic heterocycles. The fraction of sp³-hybridized carbons (Fsp3) is 0.0714. The minimum Gasteiger partial charge on any atom is -0.465 e. The summed E-state index contributed by atoms with van der Waals surface area (Å²) in [6.07, 6.45) is 0. The molecule has 0 spiro atoms. The van der Waals surface area contributed by atoms with E-state index in [1.807, 2.05) is 29.0 Å². The van der Waals surface area contributed by atoms with Crippen LogP contribution in [0.3, 0.4) is 0 Å². The average molecular weight is 676 g/mol. The van der Waals surface area contributed by atoms with Crippen molar-refractivity contribution in [3.05, 3.63) is 98.3 Å². The number of halogens is 3. The van der Waals surface area contributed by atoms with Crippen LogP contribution in [0.4, 0.5) is 17.2 Å². The molecule has 0 atom stereocenters. The van der Waals surface area contributed by atoms with E-state index in [1.54, 1.807) is 42.5 Å². The van der Waals surface area contributed by atoms with E-state index in [2.05, 4.69) is 30.0 Å². The Hall–Kier alpha value is -4.07. The van der Waals surface area contributed by atoms with Gasteiger partial charge in [0.05, 0.1) is 45.8 Å². The van der Waals surface area contributed by atoms with Crippen molar-refractivity contribution >= 4 is 107 Å². The third kappa shape index (κ3) is 8.49. The molecule has 0 unspecified atom stereocenters. The zero-order valence-corrected chi connectivity index (χ0v) is 26.3. The predicted octanol–water partition coefficient (Wildman–Crippen LogP) is 7.93. The lowest BCUT2D eigenvalue weighted by molar-refractivity contribution is 0.0592. The molecule has 0 aliphatic rings. The van der Waals surface area contributed by atoms with Crippen LogP contribution in [0, 0.1) is 0 Å². The van der Waals surface area contributed by atoms with Gasteiger partial charge in [0, 0.05) is 11.4 Å². The van der Waals surface area contributed by atoms with Crippen LogP contribution in [0.25, 0.3) is 20.4 Å². The monoisotopic (exact) mass is 674 g/mol. The van der Waals surface area contributed by atoms with E-state index < -0.39 is 0 Å². The highest BCUT2D eigenvalue weighted by molar-refractivity contribution is 7.18. The number of aromatic nitrogens is 4. The second kappa shape index (κ2) is 14.9. The molecule has 4 heterocycles. The van der Waals surface area contributed by atoms with Crippen molar-refractivity contribution in [2.45, 2.75) is 0 Å². The summed E-state index contributed by atoms with van der Waals surface area (Å²) in [5.74, 6) is -0.139. The largest absolute Gasteiger partial charge is 0.465 e. The number of carbonyl (C=O) groups is 2. The van der Waals surface area contributed by atoms with Gasteiger partial charge >= 0.3 is 11.9 Å². The van der Waals surface area contributed by atoms with Crippen LogP contribution < -0.4 is 11.1 Å². The number of nitrogens with two attached hydrogens (primary N) is 1. The summed E-state index contributed by atoms with van der Waals surface area (Å²) in [5.41, 5.74) is 9.26. The number of nitrogens with one attached hydrogen (secondary N) is 1. The topological polar surface area (TPSA) is 142 Å². The molecule has 3 N–H and O–H groups in total. The number of benzene rings is 2. The van der Waals surface area contributed by atoms with Gasteiger partial charge in [-0.3, -0.25) is 0 Å². The smallest absolute Gasteiger partial charge is 0.337 e. The molecule has 220 valence electrons. The van der Waals surface area contributed by atoms with Crippen LogP contribution in [-0.2, 0) is 9.47 Å². The molecule has 10 nitrogen and oxygen atoms in total. The molecule has 0 saturated heterocycles. The third-order valence-electron chi connectivity index (χ3n) is 5.37. The number of esters is 2. The summed E-state index contributed by atoms with van der Waals surface area (Å²) < 4.78 is 11.0. The molecule has 15 heteroatoms. The first kappa shape index (κ1) is 31.9. The van der Waals surface area contributed by atoms with E-state index in [4.69, 9.17) is 45.3 Å². The van der Waals surface area contributed by atoms with E-state index in [0.29, 0.717) is 27.8 Å². The second-order valence-electron chi connectivity index (χ2n) is 8.21. The molecule has 6 aromatic rings. The quantitative estimate of drug-likeness (QED) is 0.0818. The summed E-state index contributed by atoms with van der Waals surface area (Å²) in [4.78, 5) is 38.6. The molecule has 43 heavy (non-hydrogen) atoms. The molecule has 2 aromatic carbocycles. The lowest BCUT2D eigenvalue weighted by Crippen LogP contribution is -2.02. The number of methoxy groups -OCH3 is 2. The number of thiophene rings is 2. The lowest BCUT2D eigenvalue weighted by Gasteiger charge is -2.08. The standard InChI is InChI=1S/C14H10ClN3O2S.C8H9NO2.C6H2Cl2N2S/c1-20-13(19)8-3-2-4-9(7-8)16-12-11-10(5-6-21-11)17-14(15)18-12;1-11-8(10)6-3-2-4-7(9)5-6;7-5-4-3(1-2-11-4)9-6(8)10-5/h2-7H,1H3,(H,16,17,18);2-5H,9H2,1H3;1-2H. The molecule has 0 bridgehead atoms. The number of fused-ring (bicyclic) bond motifs is 2. The molecular weight excluding hydrogens is 655 g/mol. The maximum absolute atomic E-state index is 11.5. The second-order valence-corrected chi connectivity index (χ2v) is 11.1. The summed E-state index contributed by atoms with van der Waals surface area (Å²) in [7, 11) is 2.69. The van der Waals surface area contributed by atoms with Crippen LogP contribution in [0.15, 0.2) is 71.4 Å². The van der Waals surface area contributed by atoms with Crippen LogP contribution in [0.2, 0.25) is 15.7 Å². The molecule has 0 aliphatic carbocycles. The fourth-order valence-corrected chi connectivity index (χ4v) is 5.67. The van der Waals surface area contributed by atoms with Crippen molar-refractivity contribution in [2.24, 2.45) is 0 Å². The zero-order chi connectivity index (χ0) is 30.9. The summed E-state index contributed by atoms with van der Waals surface area (Å²) >= 11 is 20.3. The molecule has 0 amide bonds. The zero-order valence-electron chi connectivity index (χ0n) is 22.4. The lowest BCUT2D eigenvalue weighted by atomic mass is 10.2. The first-order chi connectivity index (χ1) is 20.7. The van der Waals surface area contributed by atoms with Gasteiger partial charge < -0.3 is 20.5 Å². The van der Waals surface area contributed by atoms with Gasteiger partial charge in [0.25, 0.3) is 0 Å². The molecular formula is C28H21Cl3N6O4S2. The number of nitrogen functional groups attached to an aromatic ring is 1. The van der Waals surface area contributed by atoms with Gasteiger partial charge in [-0.25, -0.2) is 24.5 Å². The number of hydrogen-bond acceptors (Lipinski definition) is 12. The van der Waals surface area contributed by atoms with Crippen molar-refractivity contribution in [1.82, 2.24) is 19.9 Å². The Labute approximate surface area is 268 Å². The number of hydrogen-bond donors (Lipinski definition) is 2. The first-order valence-electron chi connectivity index (χ1n) is 12.0. The SMILES string of the molecule is COC(=O)c1cccc(N)c1.COC(=O)c1cccc(Nc2nc(Cl)nc3ccsc23)c1.Clc1nc(Cl)c2sccc2n1. The van der Waals surface area contributed by atoms with Crippen molar-refractivity contribution < 1.29 is 19.1 Å². The van der Waals surface area contributed by atoms with E-state index in [-0.39, 0.29) is 22.5 Å². The number of rotatable bonds is 4. The van der Waals surface area contributed by atoms with Crippen LogP contribution in [0.1, 0.15) is 20.7 Å². The van der Waals surface area contributed by atoms with Gasteiger partial charge in [-0.1, -0.05) is 23.7 Å². The van der Waals surface area contributed by atoms with Crippen molar-refractivity contribution in [2.75, 3.05) is 25.3 Å². The van der Waals surface area contributed by atoms with Crippen molar-refractivity contribution in [1.29, 1.82) is 0 Å². The van der Waals surface area contributed by atoms with Gasteiger partial charge in [0.2, 0.25) is 10.6 Å². The molecule has 0 radical (unpaired) electrons. The van der Waals surface area contributed by atoms with Gasteiger partial charge in [-0.15, -0.1) is 22.7 Å². The van der Waals surface area contributed by atoms with Gasteiger partial charge in [0.15, 0.2) is 11.0 Å². The Kier molecular flexibility index (Phi) is 11.0. The van der Waals surface area contributed by atoms with E-state index in [1.165, 1.54) is 36.9 Å². The summed E-state index contributed by atoms with van der Waals surface area (Å²) in [6, 6.07) is 17.4. The minimum atomic E-state index is -0.388. The minimum absolute atomic E-state index is 0.174.